The van der Waals surface area contributed by atoms with Gasteiger partial charge in [-0.15, -0.1) is 0 Å². The highest BCUT2D eigenvalue weighted by atomic mass is 35.5. The lowest BCUT2D eigenvalue weighted by molar-refractivity contribution is -0.133. The second kappa shape index (κ2) is 11.0. The van der Waals surface area contributed by atoms with Crippen LogP contribution >= 0.6 is 11.6 Å². The molecule has 0 spiro atoms. The van der Waals surface area contributed by atoms with Crippen LogP contribution in [0.3, 0.4) is 0 Å². The molecule has 1 atom stereocenters. The van der Waals surface area contributed by atoms with Crippen molar-refractivity contribution in [1.82, 2.24) is 4.90 Å². The van der Waals surface area contributed by atoms with E-state index in [4.69, 9.17) is 16.3 Å². The number of rotatable bonds is 8. The minimum Gasteiger partial charge on any atom is -0.496 e. The number of ether oxygens (including phenoxy) is 1. The summed E-state index contributed by atoms with van der Waals surface area (Å²) in [6, 6.07) is 14.9. The third-order valence-corrected chi connectivity index (χ3v) is 5.83. The second-order valence-corrected chi connectivity index (χ2v) is 8.19. The fourth-order valence-electron chi connectivity index (χ4n) is 3.93. The predicted octanol–water partition coefficient (Wildman–Crippen LogP) is 4.94. The summed E-state index contributed by atoms with van der Waals surface area (Å²) >= 11 is 5.87. The molecule has 0 radical (unpaired) electrons. The molecule has 0 aliphatic carbocycles. The van der Waals surface area contributed by atoms with E-state index in [2.05, 4.69) is 5.32 Å². The Balaban J connectivity index is 1.43. The van der Waals surface area contributed by atoms with Gasteiger partial charge in [-0.2, -0.15) is 0 Å². The molecule has 1 N–H and O–H groups in total. The van der Waals surface area contributed by atoms with Gasteiger partial charge >= 0.3 is 0 Å². The lowest BCUT2D eigenvalue weighted by Crippen LogP contribution is -2.40. The molecular weight excluding hydrogens is 400 g/mol. The zero-order valence-corrected chi connectivity index (χ0v) is 18.2. The van der Waals surface area contributed by atoms with Crippen LogP contribution in [0.1, 0.15) is 37.7 Å². The highest BCUT2D eigenvalue weighted by Gasteiger charge is 2.24. The van der Waals surface area contributed by atoms with Crippen molar-refractivity contribution in [2.45, 2.75) is 38.5 Å². The third kappa shape index (κ3) is 6.49. The Hall–Kier alpha value is -2.53. The first kappa shape index (κ1) is 22.2. The number of para-hydroxylation sites is 1. The van der Waals surface area contributed by atoms with Crippen molar-refractivity contribution in [1.29, 1.82) is 0 Å². The van der Waals surface area contributed by atoms with E-state index < -0.39 is 0 Å². The molecule has 1 fully saturated rings. The molecule has 0 unspecified atom stereocenters. The van der Waals surface area contributed by atoms with Gasteiger partial charge in [0.2, 0.25) is 11.8 Å². The molecule has 2 aromatic rings. The largest absolute Gasteiger partial charge is 0.496 e. The SMILES string of the molecule is COc1ccccc1CCC(=O)N1CCC[C@@H](CCC(=O)Nc2ccc(Cl)cc2)C1. The van der Waals surface area contributed by atoms with Crippen LogP contribution in [0, 0.1) is 5.92 Å². The van der Waals surface area contributed by atoms with Crippen molar-refractivity contribution < 1.29 is 14.3 Å². The smallest absolute Gasteiger partial charge is 0.224 e. The first-order chi connectivity index (χ1) is 14.5. The number of nitrogens with one attached hydrogen (secondary N) is 1. The first-order valence-electron chi connectivity index (χ1n) is 10.5. The van der Waals surface area contributed by atoms with Crippen LogP contribution in [0.5, 0.6) is 5.75 Å². The van der Waals surface area contributed by atoms with E-state index in [0.717, 1.165) is 49.4 Å². The molecule has 0 bridgehead atoms. The molecule has 2 aromatic carbocycles. The Bertz CT molecular complexity index is 854. The predicted molar refractivity (Wildman–Crippen MR) is 120 cm³/mol. The molecule has 160 valence electrons. The summed E-state index contributed by atoms with van der Waals surface area (Å²) in [5.41, 5.74) is 1.81. The minimum atomic E-state index is -0.00283. The van der Waals surface area contributed by atoms with E-state index >= 15 is 0 Å². The van der Waals surface area contributed by atoms with Gasteiger partial charge in [0, 0.05) is 36.6 Å². The average Bonchev–Trinajstić information content (AvgIpc) is 2.78. The Morgan fingerprint density at radius 3 is 2.67 bits per heavy atom. The standard InChI is InChI=1S/C24H29ClN2O3/c1-30-22-7-3-2-6-19(22)9-15-24(29)27-16-4-5-18(17-27)8-14-23(28)26-21-12-10-20(25)11-13-21/h2-3,6-7,10-13,18H,4-5,8-9,14-17H2,1H3,(H,26,28)/t18-/m0/s1. The Morgan fingerprint density at radius 1 is 1.13 bits per heavy atom. The summed E-state index contributed by atoms with van der Waals surface area (Å²) in [4.78, 5) is 26.9. The van der Waals surface area contributed by atoms with Crippen molar-refractivity contribution in [3.8, 4) is 5.75 Å². The molecule has 1 aliphatic rings. The van der Waals surface area contributed by atoms with Gasteiger partial charge in [-0.3, -0.25) is 9.59 Å². The van der Waals surface area contributed by atoms with Gasteiger partial charge in [0.05, 0.1) is 7.11 Å². The Morgan fingerprint density at radius 2 is 1.90 bits per heavy atom. The number of piperidine rings is 1. The zero-order chi connectivity index (χ0) is 21.3. The maximum atomic E-state index is 12.7. The Labute approximate surface area is 183 Å². The van der Waals surface area contributed by atoms with Crippen molar-refractivity contribution in [3.05, 3.63) is 59.1 Å². The van der Waals surface area contributed by atoms with E-state index in [1.165, 1.54) is 0 Å². The molecule has 1 saturated heterocycles. The lowest BCUT2D eigenvalue weighted by Gasteiger charge is -2.33. The summed E-state index contributed by atoms with van der Waals surface area (Å²) in [6.07, 6.45) is 4.44. The van der Waals surface area contributed by atoms with Gasteiger partial charge < -0.3 is 15.0 Å². The number of benzene rings is 2. The van der Waals surface area contributed by atoms with Gasteiger partial charge in [0.15, 0.2) is 0 Å². The topological polar surface area (TPSA) is 58.6 Å². The fraction of sp³-hybridized carbons (Fsp3) is 0.417. The lowest BCUT2D eigenvalue weighted by atomic mass is 9.93. The molecule has 3 rings (SSSR count). The van der Waals surface area contributed by atoms with Crippen molar-refractivity contribution in [2.24, 2.45) is 5.92 Å². The quantitative estimate of drug-likeness (QED) is 0.647. The summed E-state index contributed by atoms with van der Waals surface area (Å²) < 4.78 is 5.37. The molecule has 0 saturated carbocycles. The molecule has 5 nitrogen and oxygen atoms in total. The van der Waals surface area contributed by atoms with Gasteiger partial charge in [-0.05, 0) is 67.5 Å². The van der Waals surface area contributed by atoms with Crippen LogP contribution in [-0.4, -0.2) is 36.9 Å². The van der Waals surface area contributed by atoms with Gasteiger partial charge in [-0.1, -0.05) is 29.8 Å². The van der Waals surface area contributed by atoms with Crippen LogP contribution in [0.15, 0.2) is 48.5 Å². The number of amides is 2. The first-order valence-corrected chi connectivity index (χ1v) is 10.9. The zero-order valence-electron chi connectivity index (χ0n) is 17.4. The maximum absolute atomic E-state index is 12.7. The van der Waals surface area contributed by atoms with E-state index in [-0.39, 0.29) is 11.8 Å². The normalized spacial score (nSPS) is 16.2. The molecule has 1 heterocycles. The highest BCUT2D eigenvalue weighted by molar-refractivity contribution is 6.30. The number of methoxy groups -OCH3 is 1. The summed E-state index contributed by atoms with van der Waals surface area (Å²) in [5, 5.41) is 3.55. The fourth-order valence-corrected chi connectivity index (χ4v) is 4.05. The molecule has 0 aromatic heterocycles. The van der Waals surface area contributed by atoms with Crippen molar-refractivity contribution in [3.63, 3.8) is 0 Å². The minimum absolute atomic E-state index is 0.00283. The molecule has 30 heavy (non-hydrogen) atoms. The number of anilines is 1. The number of carbonyl (C=O) groups is 2. The number of halogens is 1. The molecule has 1 aliphatic heterocycles. The number of likely N-dealkylation sites (tertiary alicyclic amines) is 1. The van der Waals surface area contributed by atoms with Gasteiger partial charge in [-0.25, -0.2) is 0 Å². The van der Waals surface area contributed by atoms with Gasteiger partial charge in [0.1, 0.15) is 5.75 Å². The molecule has 2 amide bonds. The number of aryl methyl sites for hydroxylation is 1. The van der Waals surface area contributed by atoms with Crippen LogP contribution in [0.2, 0.25) is 5.02 Å². The molecular formula is C24H29ClN2O3. The highest BCUT2D eigenvalue weighted by Crippen LogP contribution is 2.24. The number of hydrogen-bond acceptors (Lipinski definition) is 3. The number of nitrogens with zero attached hydrogens (tertiary/aromatic N) is 1. The van der Waals surface area contributed by atoms with Crippen molar-refractivity contribution in [2.75, 3.05) is 25.5 Å². The second-order valence-electron chi connectivity index (χ2n) is 7.75. The van der Waals surface area contributed by atoms with Crippen LogP contribution in [-0.2, 0) is 16.0 Å². The Kier molecular flexibility index (Phi) is 8.14. The third-order valence-electron chi connectivity index (χ3n) is 5.58. The summed E-state index contributed by atoms with van der Waals surface area (Å²) in [7, 11) is 1.65. The van der Waals surface area contributed by atoms with Gasteiger partial charge in [0.25, 0.3) is 0 Å². The summed E-state index contributed by atoms with van der Waals surface area (Å²) in [5.74, 6) is 1.37. The van der Waals surface area contributed by atoms with Crippen molar-refractivity contribution >= 4 is 29.1 Å². The van der Waals surface area contributed by atoms with E-state index in [9.17, 15) is 9.59 Å². The van der Waals surface area contributed by atoms with E-state index in [1.54, 1.807) is 31.4 Å². The average molecular weight is 429 g/mol. The summed E-state index contributed by atoms with van der Waals surface area (Å²) in [6.45, 7) is 1.54. The van der Waals surface area contributed by atoms with E-state index in [0.29, 0.717) is 30.2 Å². The van der Waals surface area contributed by atoms with Crippen LogP contribution in [0.25, 0.3) is 0 Å². The van der Waals surface area contributed by atoms with Crippen LogP contribution in [0.4, 0.5) is 5.69 Å². The van der Waals surface area contributed by atoms with Crippen LogP contribution < -0.4 is 10.1 Å². The molecule has 6 heteroatoms. The monoisotopic (exact) mass is 428 g/mol. The maximum Gasteiger partial charge on any atom is 0.224 e. The van der Waals surface area contributed by atoms with E-state index in [1.807, 2.05) is 29.2 Å². The number of hydrogen-bond donors (Lipinski definition) is 1. The number of carbonyl (C=O) groups excluding carboxylic acids is 2.